The zero-order chi connectivity index (χ0) is 11.4. The molecule has 2 rings (SSSR count). The van der Waals surface area contributed by atoms with Crippen molar-refractivity contribution in [2.45, 2.75) is 36.0 Å². The summed E-state index contributed by atoms with van der Waals surface area (Å²) in [5.41, 5.74) is 1.38. The number of aryl methyl sites for hydroxylation is 1. The lowest BCUT2D eigenvalue weighted by molar-refractivity contribution is 0.257. The predicted octanol–water partition coefficient (Wildman–Crippen LogP) is 2.06. The van der Waals surface area contributed by atoms with E-state index in [4.69, 9.17) is 0 Å². The molecule has 0 spiro atoms. The van der Waals surface area contributed by atoms with Gasteiger partial charge in [-0.2, -0.15) is 0 Å². The maximum atomic E-state index is 9.22. The first-order chi connectivity index (χ1) is 7.83. The number of hydrogen-bond acceptors (Lipinski definition) is 3. The lowest BCUT2D eigenvalue weighted by atomic mass is 10.2. The minimum absolute atomic E-state index is 0.241. The molecule has 1 aliphatic heterocycles. The average Bonchev–Trinajstić information content (AvgIpc) is 2.77. The van der Waals surface area contributed by atoms with Crippen LogP contribution in [0.5, 0.6) is 0 Å². The topological polar surface area (TPSA) is 32.3 Å². The number of aliphatic hydroxyl groups is 1. The first-order valence-electron chi connectivity index (χ1n) is 5.93. The molecule has 0 aromatic heterocycles. The minimum atomic E-state index is 0.241. The van der Waals surface area contributed by atoms with E-state index in [1.54, 1.807) is 0 Å². The van der Waals surface area contributed by atoms with Crippen LogP contribution in [0.2, 0.25) is 0 Å². The van der Waals surface area contributed by atoms with Gasteiger partial charge in [-0.15, -0.1) is 11.8 Å². The van der Waals surface area contributed by atoms with E-state index in [0.717, 1.165) is 19.4 Å². The smallest absolute Gasteiger partial charge is 0.0595 e. The van der Waals surface area contributed by atoms with Crippen LogP contribution in [0, 0.1) is 0 Å². The van der Waals surface area contributed by atoms with Crippen LogP contribution in [-0.2, 0) is 6.42 Å². The van der Waals surface area contributed by atoms with Crippen molar-refractivity contribution in [3.05, 3.63) is 29.8 Å². The van der Waals surface area contributed by atoms with Crippen molar-refractivity contribution in [1.82, 2.24) is 5.32 Å². The van der Waals surface area contributed by atoms with E-state index in [0.29, 0.717) is 5.25 Å². The van der Waals surface area contributed by atoms with Gasteiger partial charge in [-0.3, -0.25) is 0 Å². The van der Waals surface area contributed by atoms with E-state index in [1.807, 2.05) is 11.8 Å². The van der Waals surface area contributed by atoms with Crippen molar-refractivity contribution < 1.29 is 5.11 Å². The monoisotopic (exact) mass is 237 g/mol. The summed E-state index contributed by atoms with van der Waals surface area (Å²) in [6, 6.07) is 9.03. The highest BCUT2D eigenvalue weighted by Gasteiger charge is 2.26. The first-order valence-corrected chi connectivity index (χ1v) is 6.81. The van der Waals surface area contributed by atoms with Gasteiger partial charge in [0.2, 0.25) is 0 Å². The second kappa shape index (κ2) is 5.71. The highest BCUT2D eigenvalue weighted by Crippen LogP contribution is 2.30. The SMILES string of the molecule is CCc1ccc(SC2CCNC2CO)cc1. The van der Waals surface area contributed by atoms with Crippen LogP contribution in [0.1, 0.15) is 18.9 Å². The minimum Gasteiger partial charge on any atom is -0.395 e. The van der Waals surface area contributed by atoms with Gasteiger partial charge in [0, 0.05) is 16.2 Å². The summed E-state index contributed by atoms with van der Waals surface area (Å²) in [4.78, 5) is 1.31. The molecule has 2 atom stereocenters. The van der Waals surface area contributed by atoms with Gasteiger partial charge in [0.05, 0.1) is 6.61 Å². The van der Waals surface area contributed by atoms with Crippen molar-refractivity contribution in [3.8, 4) is 0 Å². The maximum Gasteiger partial charge on any atom is 0.0595 e. The van der Waals surface area contributed by atoms with Crippen LogP contribution in [0.15, 0.2) is 29.2 Å². The Kier molecular flexibility index (Phi) is 4.27. The van der Waals surface area contributed by atoms with Crippen molar-refractivity contribution in [2.24, 2.45) is 0 Å². The van der Waals surface area contributed by atoms with Crippen LogP contribution >= 0.6 is 11.8 Å². The van der Waals surface area contributed by atoms with Crippen molar-refractivity contribution >= 4 is 11.8 Å². The van der Waals surface area contributed by atoms with Gasteiger partial charge in [-0.25, -0.2) is 0 Å². The highest BCUT2D eigenvalue weighted by molar-refractivity contribution is 8.00. The van der Waals surface area contributed by atoms with E-state index in [1.165, 1.54) is 10.5 Å². The molecule has 2 unspecified atom stereocenters. The standard InChI is InChI=1S/C13H19NOS/c1-2-10-3-5-11(6-4-10)16-13-7-8-14-12(13)9-15/h3-6,12-15H,2,7-9H2,1H3. The predicted molar refractivity (Wildman–Crippen MR) is 69.0 cm³/mol. The third-order valence-corrected chi connectivity index (χ3v) is 4.51. The molecule has 1 fully saturated rings. The fraction of sp³-hybridized carbons (Fsp3) is 0.538. The Bertz CT molecular complexity index is 325. The Balaban J connectivity index is 1.97. The number of rotatable bonds is 4. The molecule has 0 aliphatic carbocycles. The van der Waals surface area contributed by atoms with E-state index in [9.17, 15) is 5.11 Å². The molecule has 1 saturated heterocycles. The third kappa shape index (κ3) is 2.78. The Hall–Kier alpha value is -0.510. The quantitative estimate of drug-likeness (QED) is 0.841. The van der Waals surface area contributed by atoms with Gasteiger partial charge in [0.25, 0.3) is 0 Å². The largest absolute Gasteiger partial charge is 0.395 e. The molecule has 1 aromatic rings. The molecule has 2 N–H and O–H groups in total. The molecule has 0 amide bonds. The summed E-state index contributed by atoms with van der Waals surface area (Å²) < 4.78 is 0. The zero-order valence-electron chi connectivity index (χ0n) is 9.65. The van der Waals surface area contributed by atoms with Gasteiger partial charge in [0.1, 0.15) is 0 Å². The maximum absolute atomic E-state index is 9.22. The lowest BCUT2D eigenvalue weighted by Crippen LogP contribution is -2.32. The molecular formula is C13H19NOS. The van der Waals surface area contributed by atoms with E-state index >= 15 is 0 Å². The molecule has 16 heavy (non-hydrogen) atoms. The van der Waals surface area contributed by atoms with Gasteiger partial charge >= 0.3 is 0 Å². The second-order valence-electron chi connectivity index (χ2n) is 4.19. The van der Waals surface area contributed by atoms with Gasteiger partial charge < -0.3 is 10.4 Å². The molecule has 0 bridgehead atoms. The first kappa shape index (κ1) is 12.0. The Morgan fingerprint density at radius 2 is 2.12 bits per heavy atom. The fourth-order valence-corrected chi connectivity index (χ4v) is 3.27. The summed E-state index contributed by atoms with van der Waals surface area (Å²) in [5, 5.41) is 13.1. The van der Waals surface area contributed by atoms with Crippen molar-refractivity contribution in [1.29, 1.82) is 0 Å². The van der Waals surface area contributed by atoms with Gasteiger partial charge in [-0.05, 0) is 37.1 Å². The Morgan fingerprint density at radius 1 is 1.38 bits per heavy atom. The number of thioether (sulfide) groups is 1. The van der Waals surface area contributed by atoms with Crippen molar-refractivity contribution in [2.75, 3.05) is 13.2 Å². The second-order valence-corrected chi connectivity index (χ2v) is 5.50. The van der Waals surface area contributed by atoms with Crippen molar-refractivity contribution in [3.63, 3.8) is 0 Å². The molecule has 3 heteroatoms. The fourth-order valence-electron chi connectivity index (χ4n) is 2.05. The van der Waals surface area contributed by atoms with Crippen LogP contribution in [-0.4, -0.2) is 29.5 Å². The molecule has 0 radical (unpaired) electrons. The average molecular weight is 237 g/mol. The Labute approximate surface area is 101 Å². The molecule has 1 aromatic carbocycles. The molecule has 88 valence electrons. The number of nitrogens with one attached hydrogen (secondary N) is 1. The lowest BCUT2D eigenvalue weighted by Gasteiger charge is -2.16. The summed E-state index contributed by atoms with van der Waals surface area (Å²) in [6.07, 6.45) is 2.24. The van der Waals surface area contributed by atoms with Crippen LogP contribution in [0.25, 0.3) is 0 Å². The van der Waals surface area contributed by atoms with E-state index in [-0.39, 0.29) is 12.6 Å². The third-order valence-electron chi connectivity index (χ3n) is 3.10. The van der Waals surface area contributed by atoms with Gasteiger partial charge in [0.15, 0.2) is 0 Å². The number of aliphatic hydroxyl groups excluding tert-OH is 1. The molecular weight excluding hydrogens is 218 g/mol. The Morgan fingerprint density at radius 3 is 2.75 bits per heavy atom. The molecule has 2 nitrogen and oxygen atoms in total. The summed E-state index contributed by atoms with van der Waals surface area (Å²) in [6.45, 7) is 3.44. The summed E-state index contributed by atoms with van der Waals surface area (Å²) in [7, 11) is 0. The normalized spacial score (nSPS) is 24.9. The van der Waals surface area contributed by atoms with Gasteiger partial charge in [-0.1, -0.05) is 19.1 Å². The molecule has 0 saturated carbocycles. The van der Waals surface area contributed by atoms with Crippen LogP contribution < -0.4 is 5.32 Å². The van der Waals surface area contributed by atoms with Crippen LogP contribution in [0.3, 0.4) is 0 Å². The number of hydrogen-bond donors (Lipinski definition) is 2. The molecule has 1 heterocycles. The van der Waals surface area contributed by atoms with E-state index in [2.05, 4.69) is 36.5 Å². The molecule has 1 aliphatic rings. The summed E-state index contributed by atoms with van der Waals surface area (Å²) >= 11 is 1.88. The van der Waals surface area contributed by atoms with E-state index < -0.39 is 0 Å². The zero-order valence-corrected chi connectivity index (χ0v) is 10.5. The highest BCUT2D eigenvalue weighted by atomic mass is 32.2. The summed E-state index contributed by atoms with van der Waals surface area (Å²) in [5.74, 6) is 0. The van der Waals surface area contributed by atoms with Crippen LogP contribution in [0.4, 0.5) is 0 Å². The number of benzene rings is 1.